The van der Waals surface area contributed by atoms with Crippen LogP contribution in [0.2, 0.25) is 0 Å². The molecule has 0 saturated carbocycles. The number of unbranched alkanes of at least 4 members (excludes halogenated alkanes) is 2. The molecule has 2 atom stereocenters. The van der Waals surface area contributed by atoms with Gasteiger partial charge in [0.2, 0.25) is 11.8 Å². The van der Waals surface area contributed by atoms with Gasteiger partial charge in [0.25, 0.3) is 0 Å². The number of hydrogen-bond donors (Lipinski definition) is 3. The molecule has 0 radical (unpaired) electrons. The van der Waals surface area contributed by atoms with Gasteiger partial charge in [0.1, 0.15) is 18.7 Å². The molecule has 32 heavy (non-hydrogen) atoms. The van der Waals surface area contributed by atoms with E-state index in [1.165, 1.54) is 0 Å². The van der Waals surface area contributed by atoms with Gasteiger partial charge in [-0.2, -0.15) is 5.26 Å². The summed E-state index contributed by atoms with van der Waals surface area (Å²) in [5.74, 6) is -1.20. The lowest BCUT2D eigenvalue weighted by molar-refractivity contribution is -0.128. The molecule has 0 saturated heterocycles. The first-order valence-electron chi connectivity index (χ1n) is 10.5. The third kappa shape index (κ3) is 8.88. The Kier molecular flexibility index (Phi) is 10.3. The normalized spacial score (nSPS) is 12.1. The van der Waals surface area contributed by atoms with Crippen LogP contribution in [-0.2, 0) is 27.4 Å². The molecule has 0 spiro atoms. The molecule has 4 N–H and O–H groups in total. The Balaban J connectivity index is 2.02. The van der Waals surface area contributed by atoms with Crippen molar-refractivity contribution < 1.29 is 19.1 Å². The topological polar surface area (TPSA) is 134 Å². The second-order valence-electron chi connectivity index (χ2n) is 7.32. The van der Waals surface area contributed by atoms with Crippen LogP contribution in [0.4, 0.5) is 4.79 Å². The van der Waals surface area contributed by atoms with Gasteiger partial charge >= 0.3 is 6.09 Å². The predicted molar refractivity (Wildman–Crippen MR) is 119 cm³/mol. The summed E-state index contributed by atoms with van der Waals surface area (Å²) in [5.41, 5.74) is 7.09. The van der Waals surface area contributed by atoms with Gasteiger partial charge < -0.3 is 21.1 Å². The highest BCUT2D eigenvalue weighted by atomic mass is 16.5. The molecule has 0 aliphatic heterocycles. The lowest BCUT2D eigenvalue weighted by Crippen LogP contribution is -2.53. The SMILES string of the molecule is N#CCCCC[C@H](NC(=O)[C@H](Cc1ccccc1)NC(=O)OCc1ccccc1)C(N)=O. The Labute approximate surface area is 187 Å². The van der Waals surface area contributed by atoms with Crippen LogP contribution in [0.5, 0.6) is 0 Å². The highest BCUT2D eigenvalue weighted by molar-refractivity contribution is 5.90. The van der Waals surface area contributed by atoms with Crippen LogP contribution in [-0.4, -0.2) is 30.0 Å². The Morgan fingerprint density at radius 3 is 2.12 bits per heavy atom. The highest BCUT2D eigenvalue weighted by Gasteiger charge is 2.26. The molecule has 2 rings (SSSR count). The van der Waals surface area contributed by atoms with E-state index in [1.54, 1.807) is 0 Å². The molecule has 3 amide bonds. The maximum Gasteiger partial charge on any atom is 0.408 e. The molecule has 8 heteroatoms. The molecule has 2 aromatic rings. The number of ether oxygens (including phenoxy) is 1. The molecule has 0 heterocycles. The summed E-state index contributed by atoms with van der Waals surface area (Å²) in [6.07, 6.45) is 1.33. The van der Waals surface area contributed by atoms with Crippen LogP contribution >= 0.6 is 0 Å². The number of benzene rings is 2. The fraction of sp³-hybridized carbons (Fsp3) is 0.333. The molecular formula is C24H28N4O4. The molecule has 0 bridgehead atoms. The zero-order chi connectivity index (χ0) is 23.2. The zero-order valence-electron chi connectivity index (χ0n) is 17.8. The first-order valence-corrected chi connectivity index (χ1v) is 10.5. The number of carbonyl (C=O) groups is 3. The summed E-state index contributed by atoms with van der Waals surface area (Å²) in [6.45, 7) is 0.0646. The van der Waals surface area contributed by atoms with Crippen molar-refractivity contribution in [1.29, 1.82) is 5.26 Å². The van der Waals surface area contributed by atoms with Crippen molar-refractivity contribution in [3.05, 3.63) is 71.8 Å². The standard InChI is InChI=1S/C24H28N4O4/c25-15-9-3-8-14-20(22(26)29)27-23(30)21(16-18-10-4-1-5-11-18)28-24(31)32-17-19-12-6-2-7-13-19/h1-2,4-7,10-13,20-21H,3,8-9,14,16-17H2,(H2,26,29)(H,27,30)(H,28,31)/t20-,21-/m0/s1. The van der Waals surface area contributed by atoms with E-state index in [1.807, 2.05) is 66.7 Å². The first kappa shape index (κ1) is 24.4. The third-order valence-corrected chi connectivity index (χ3v) is 4.80. The Morgan fingerprint density at radius 1 is 0.906 bits per heavy atom. The number of rotatable bonds is 12. The number of alkyl carbamates (subject to hydrolysis) is 1. The lowest BCUT2D eigenvalue weighted by atomic mass is 10.0. The summed E-state index contributed by atoms with van der Waals surface area (Å²) in [6, 6.07) is 18.6. The number of nitrogens with zero attached hydrogens (tertiary/aromatic N) is 1. The number of carbonyl (C=O) groups excluding carboxylic acids is 3. The molecule has 0 fully saturated rings. The fourth-order valence-electron chi connectivity index (χ4n) is 3.08. The fourth-order valence-corrected chi connectivity index (χ4v) is 3.08. The predicted octanol–water partition coefficient (Wildman–Crippen LogP) is 2.58. The minimum atomic E-state index is -0.957. The molecule has 0 aromatic heterocycles. The number of nitrogens with two attached hydrogens (primary N) is 1. The second kappa shape index (κ2) is 13.4. The molecule has 8 nitrogen and oxygen atoms in total. The number of nitriles is 1. The molecule has 2 aromatic carbocycles. The van der Waals surface area contributed by atoms with E-state index >= 15 is 0 Å². The van der Waals surface area contributed by atoms with Crippen molar-refractivity contribution in [2.75, 3.05) is 0 Å². The summed E-state index contributed by atoms with van der Waals surface area (Å²) >= 11 is 0. The smallest absolute Gasteiger partial charge is 0.408 e. The average molecular weight is 437 g/mol. The van der Waals surface area contributed by atoms with Crippen LogP contribution in [0.25, 0.3) is 0 Å². The van der Waals surface area contributed by atoms with E-state index in [0.29, 0.717) is 25.7 Å². The third-order valence-electron chi connectivity index (χ3n) is 4.80. The largest absolute Gasteiger partial charge is 0.445 e. The van der Waals surface area contributed by atoms with Crippen molar-refractivity contribution in [2.45, 2.75) is 50.8 Å². The van der Waals surface area contributed by atoms with Crippen LogP contribution in [0.15, 0.2) is 60.7 Å². The molecule has 0 aliphatic carbocycles. The van der Waals surface area contributed by atoms with Crippen molar-refractivity contribution in [2.24, 2.45) is 5.73 Å². The summed E-state index contributed by atoms with van der Waals surface area (Å²) in [4.78, 5) is 37.1. The quantitative estimate of drug-likeness (QED) is 0.440. The van der Waals surface area contributed by atoms with Crippen molar-refractivity contribution in [3.63, 3.8) is 0 Å². The zero-order valence-corrected chi connectivity index (χ0v) is 17.8. The minimum Gasteiger partial charge on any atom is -0.445 e. The number of amides is 3. The first-order chi connectivity index (χ1) is 15.5. The minimum absolute atomic E-state index is 0.0646. The van der Waals surface area contributed by atoms with Crippen molar-refractivity contribution in [3.8, 4) is 6.07 Å². The van der Waals surface area contributed by atoms with Gasteiger partial charge in [-0.1, -0.05) is 60.7 Å². The molecule has 0 aliphatic rings. The van der Waals surface area contributed by atoms with Gasteiger partial charge in [-0.05, 0) is 30.4 Å². The number of hydrogen-bond acceptors (Lipinski definition) is 5. The molecule has 168 valence electrons. The second-order valence-corrected chi connectivity index (χ2v) is 7.32. The Bertz CT molecular complexity index is 913. The summed E-state index contributed by atoms with van der Waals surface area (Å²) < 4.78 is 5.24. The van der Waals surface area contributed by atoms with Crippen molar-refractivity contribution >= 4 is 17.9 Å². The Morgan fingerprint density at radius 2 is 1.53 bits per heavy atom. The molecular weight excluding hydrogens is 408 g/mol. The highest BCUT2D eigenvalue weighted by Crippen LogP contribution is 2.08. The number of nitrogens with one attached hydrogen (secondary N) is 2. The van der Waals surface area contributed by atoms with Gasteiger partial charge in [0.05, 0.1) is 6.07 Å². The van der Waals surface area contributed by atoms with E-state index in [4.69, 9.17) is 15.7 Å². The van der Waals surface area contributed by atoms with E-state index in [9.17, 15) is 14.4 Å². The monoisotopic (exact) mass is 436 g/mol. The van der Waals surface area contributed by atoms with Crippen LogP contribution < -0.4 is 16.4 Å². The van der Waals surface area contributed by atoms with Gasteiger partial charge in [-0.3, -0.25) is 9.59 Å². The Hall–Kier alpha value is -3.86. The van der Waals surface area contributed by atoms with Gasteiger partial charge in [-0.15, -0.1) is 0 Å². The van der Waals surface area contributed by atoms with Crippen LogP contribution in [0, 0.1) is 11.3 Å². The van der Waals surface area contributed by atoms with Crippen molar-refractivity contribution in [1.82, 2.24) is 10.6 Å². The van der Waals surface area contributed by atoms with E-state index in [-0.39, 0.29) is 13.0 Å². The van der Waals surface area contributed by atoms with Gasteiger partial charge in [-0.25, -0.2) is 4.79 Å². The van der Waals surface area contributed by atoms with E-state index in [2.05, 4.69) is 10.6 Å². The maximum atomic E-state index is 12.9. The van der Waals surface area contributed by atoms with E-state index in [0.717, 1.165) is 11.1 Å². The lowest BCUT2D eigenvalue weighted by Gasteiger charge is -2.22. The van der Waals surface area contributed by atoms with Gasteiger partial charge in [0, 0.05) is 12.8 Å². The average Bonchev–Trinajstić information content (AvgIpc) is 2.80. The van der Waals surface area contributed by atoms with Gasteiger partial charge in [0.15, 0.2) is 0 Å². The van der Waals surface area contributed by atoms with Crippen LogP contribution in [0.3, 0.4) is 0 Å². The summed E-state index contributed by atoms with van der Waals surface area (Å²) in [7, 11) is 0. The maximum absolute atomic E-state index is 12.9. The number of primary amides is 1. The summed E-state index contributed by atoms with van der Waals surface area (Å²) in [5, 5.41) is 13.9. The van der Waals surface area contributed by atoms with Crippen LogP contribution in [0.1, 0.15) is 36.8 Å². The van der Waals surface area contributed by atoms with E-state index < -0.39 is 30.0 Å². The molecule has 0 unspecified atom stereocenters.